The maximum Gasteiger partial charge on any atom is -0.00926 e. The Morgan fingerprint density at radius 1 is 1.00 bits per heavy atom. The van der Waals surface area contributed by atoms with Crippen molar-refractivity contribution in [2.24, 2.45) is 5.92 Å². The molecule has 0 N–H and O–H groups in total. The Hall–Kier alpha value is -1.82. The van der Waals surface area contributed by atoms with Gasteiger partial charge < -0.3 is 0 Å². The van der Waals surface area contributed by atoms with Crippen molar-refractivity contribution in [3.05, 3.63) is 59.7 Å². The van der Waals surface area contributed by atoms with Crippen molar-refractivity contribution < 1.29 is 0 Å². The third kappa shape index (κ3) is 1.61. The van der Waals surface area contributed by atoms with E-state index in [-0.39, 0.29) is 0 Å². The van der Waals surface area contributed by atoms with Crippen LogP contribution in [-0.4, -0.2) is 0 Å². The van der Waals surface area contributed by atoms with Gasteiger partial charge in [-0.2, -0.15) is 0 Å². The Balaban J connectivity index is 1.92. The van der Waals surface area contributed by atoms with Crippen molar-refractivity contribution in [2.45, 2.75) is 32.6 Å². The molecule has 0 bridgehead atoms. The van der Waals surface area contributed by atoms with Gasteiger partial charge in [-0.1, -0.05) is 56.7 Å². The predicted molar refractivity (Wildman–Crippen MR) is 87.4 cm³/mol. The van der Waals surface area contributed by atoms with E-state index in [1.165, 1.54) is 34.4 Å². The van der Waals surface area contributed by atoms with Gasteiger partial charge in [-0.05, 0) is 63.1 Å². The van der Waals surface area contributed by atoms with Gasteiger partial charge in [0, 0.05) is 0 Å². The molecule has 0 heterocycles. The quantitative estimate of drug-likeness (QED) is 0.520. The summed E-state index contributed by atoms with van der Waals surface area (Å²) in [5.41, 5.74) is 3.20. The minimum absolute atomic E-state index is 0.783. The lowest BCUT2D eigenvalue weighted by Crippen LogP contribution is -2.23. The maximum absolute atomic E-state index is 2.39. The van der Waals surface area contributed by atoms with Crippen molar-refractivity contribution in [3.63, 3.8) is 0 Å². The van der Waals surface area contributed by atoms with Gasteiger partial charge >= 0.3 is 0 Å². The van der Waals surface area contributed by atoms with Gasteiger partial charge in [-0.15, -0.1) is 0 Å². The number of hydrogen-bond acceptors (Lipinski definition) is 0. The van der Waals surface area contributed by atoms with E-state index in [1.54, 1.807) is 11.1 Å². The van der Waals surface area contributed by atoms with Crippen LogP contribution in [0.3, 0.4) is 0 Å². The van der Waals surface area contributed by atoms with Gasteiger partial charge in [0.05, 0.1) is 0 Å². The summed E-state index contributed by atoms with van der Waals surface area (Å²) in [5.74, 6) is 1.59. The van der Waals surface area contributed by atoms with Crippen molar-refractivity contribution in [3.8, 4) is 0 Å². The summed E-state index contributed by atoms with van der Waals surface area (Å²) in [6, 6.07) is 18.1. The van der Waals surface area contributed by atoms with Gasteiger partial charge in [0.1, 0.15) is 0 Å². The zero-order valence-corrected chi connectivity index (χ0v) is 12.2. The van der Waals surface area contributed by atoms with E-state index in [0.717, 1.165) is 11.8 Å². The fourth-order valence-electron chi connectivity index (χ4n) is 3.66. The van der Waals surface area contributed by atoms with E-state index >= 15 is 0 Å². The molecule has 0 saturated heterocycles. The molecule has 0 saturated carbocycles. The molecule has 2 atom stereocenters. The first-order valence-corrected chi connectivity index (χ1v) is 7.72. The Bertz CT molecular complexity index is 798. The molecule has 0 fully saturated rings. The van der Waals surface area contributed by atoms with Crippen molar-refractivity contribution in [1.82, 2.24) is 0 Å². The lowest BCUT2D eigenvalue weighted by Gasteiger charge is -2.35. The predicted octanol–water partition coefficient (Wildman–Crippen LogP) is 5.68. The van der Waals surface area contributed by atoms with E-state index in [1.807, 2.05) is 0 Å². The van der Waals surface area contributed by atoms with E-state index in [2.05, 4.69) is 62.4 Å². The molecule has 3 aromatic rings. The minimum Gasteiger partial charge on any atom is -0.0651 e. The van der Waals surface area contributed by atoms with Crippen LogP contribution in [0.4, 0.5) is 0 Å². The molecule has 1 aliphatic rings. The van der Waals surface area contributed by atoms with E-state index in [4.69, 9.17) is 0 Å². The molecule has 0 aromatic heterocycles. The van der Waals surface area contributed by atoms with Gasteiger partial charge in [0.2, 0.25) is 0 Å². The third-order valence-corrected chi connectivity index (χ3v) is 5.19. The number of hydrogen-bond donors (Lipinski definition) is 0. The highest BCUT2D eigenvalue weighted by Crippen LogP contribution is 2.45. The highest BCUT2D eigenvalue weighted by Gasteiger charge is 2.31. The van der Waals surface area contributed by atoms with E-state index in [0.29, 0.717) is 0 Å². The molecular weight excluding hydrogens is 240 g/mol. The highest BCUT2D eigenvalue weighted by molar-refractivity contribution is 6.00. The molecule has 100 valence electrons. The summed E-state index contributed by atoms with van der Waals surface area (Å²) in [7, 11) is 0. The smallest absolute Gasteiger partial charge is 0.00926 e. The average molecular weight is 260 g/mol. The molecule has 4 rings (SSSR count). The lowest BCUT2D eigenvalue weighted by atomic mass is 9.69. The summed E-state index contributed by atoms with van der Waals surface area (Å²) in [6.45, 7) is 4.69. The second-order valence-corrected chi connectivity index (χ2v) is 6.25. The van der Waals surface area contributed by atoms with Gasteiger partial charge in [-0.3, -0.25) is 0 Å². The molecule has 0 radical (unpaired) electrons. The first-order valence-electron chi connectivity index (χ1n) is 7.72. The van der Waals surface area contributed by atoms with Crippen LogP contribution in [-0.2, 0) is 6.42 Å². The summed E-state index contributed by atoms with van der Waals surface area (Å²) in [6.07, 6.45) is 2.54. The van der Waals surface area contributed by atoms with Gasteiger partial charge in [0.15, 0.2) is 0 Å². The summed E-state index contributed by atoms with van der Waals surface area (Å²) >= 11 is 0. The van der Waals surface area contributed by atoms with Crippen LogP contribution in [0.15, 0.2) is 48.5 Å². The van der Waals surface area contributed by atoms with Crippen LogP contribution in [0.2, 0.25) is 0 Å². The Morgan fingerprint density at radius 3 is 2.50 bits per heavy atom. The Kier molecular flexibility index (Phi) is 2.60. The molecule has 0 heteroatoms. The summed E-state index contributed by atoms with van der Waals surface area (Å²) < 4.78 is 0. The van der Waals surface area contributed by atoms with Crippen molar-refractivity contribution >= 4 is 21.5 Å². The fraction of sp³-hybridized carbons (Fsp3) is 0.300. The van der Waals surface area contributed by atoms with E-state index in [9.17, 15) is 0 Å². The molecular formula is C20H20. The standard InChI is InChI=1S/C20H20/c1-3-13(2)18-12-20-17(18)9-8-16-10-14-6-4-5-7-15(14)11-19(16)20/h4-11,13,18H,3,12H2,1-2H3. The normalized spacial score (nSPS) is 18.8. The number of rotatable bonds is 2. The summed E-state index contributed by atoms with van der Waals surface area (Å²) in [4.78, 5) is 0. The molecule has 1 aliphatic carbocycles. The maximum atomic E-state index is 2.39. The molecule has 2 unspecified atom stereocenters. The van der Waals surface area contributed by atoms with Crippen LogP contribution in [0.1, 0.15) is 37.3 Å². The SMILES string of the molecule is CCC(C)C1Cc2c1ccc1cc3ccccc3cc21. The monoisotopic (exact) mass is 260 g/mol. The zero-order valence-electron chi connectivity index (χ0n) is 12.2. The first-order chi connectivity index (χ1) is 9.78. The summed E-state index contributed by atoms with van der Waals surface area (Å²) in [5, 5.41) is 5.57. The minimum atomic E-state index is 0.783. The average Bonchev–Trinajstić information content (AvgIpc) is 2.45. The molecule has 0 spiro atoms. The molecule has 0 nitrogen and oxygen atoms in total. The highest BCUT2D eigenvalue weighted by atomic mass is 14.3. The largest absolute Gasteiger partial charge is 0.0651 e. The Morgan fingerprint density at radius 2 is 1.75 bits per heavy atom. The van der Waals surface area contributed by atoms with Crippen LogP contribution in [0.25, 0.3) is 21.5 Å². The van der Waals surface area contributed by atoms with Gasteiger partial charge in [0.25, 0.3) is 0 Å². The topological polar surface area (TPSA) is 0 Å². The number of fused-ring (bicyclic) bond motifs is 4. The van der Waals surface area contributed by atoms with Crippen molar-refractivity contribution in [2.75, 3.05) is 0 Å². The zero-order chi connectivity index (χ0) is 13.7. The molecule has 20 heavy (non-hydrogen) atoms. The third-order valence-electron chi connectivity index (χ3n) is 5.19. The Labute approximate surface area is 120 Å². The van der Waals surface area contributed by atoms with Crippen LogP contribution >= 0.6 is 0 Å². The molecule has 0 amide bonds. The van der Waals surface area contributed by atoms with Crippen LogP contribution in [0.5, 0.6) is 0 Å². The van der Waals surface area contributed by atoms with E-state index < -0.39 is 0 Å². The fourth-order valence-corrected chi connectivity index (χ4v) is 3.66. The second kappa shape index (κ2) is 4.34. The van der Waals surface area contributed by atoms with Crippen molar-refractivity contribution in [1.29, 1.82) is 0 Å². The molecule has 0 aliphatic heterocycles. The van der Waals surface area contributed by atoms with Crippen LogP contribution < -0.4 is 0 Å². The first kappa shape index (κ1) is 12.0. The second-order valence-electron chi connectivity index (χ2n) is 6.25. The lowest BCUT2D eigenvalue weighted by molar-refractivity contribution is 0.409. The molecule has 3 aromatic carbocycles. The van der Waals surface area contributed by atoms with Gasteiger partial charge in [-0.25, -0.2) is 0 Å². The number of benzene rings is 3. The van der Waals surface area contributed by atoms with Crippen LogP contribution in [0, 0.1) is 5.92 Å².